The molecular formula is C22H27N5O3. The fourth-order valence-corrected chi connectivity index (χ4v) is 3.63. The lowest BCUT2D eigenvalue weighted by atomic mass is 10.1. The molecule has 4 rings (SSSR count). The number of ether oxygens (including phenoxy) is 2. The molecule has 1 aliphatic rings. The second-order valence-corrected chi connectivity index (χ2v) is 7.53. The van der Waals surface area contributed by atoms with Crippen LogP contribution < -0.4 is 9.47 Å². The summed E-state index contributed by atoms with van der Waals surface area (Å²) < 4.78 is 14.9. The van der Waals surface area contributed by atoms with E-state index in [4.69, 9.17) is 9.47 Å². The molecule has 0 N–H and O–H groups in total. The summed E-state index contributed by atoms with van der Waals surface area (Å²) in [6.45, 7) is 8.43. The summed E-state index contributed by atoms with van der Waals surface area (Å²) in [7, 11) is 1.90. The van der Waals surface area contributed by atoms with Crippen LogP contribution in [0.1, 0.15) is 40.1 Å². The van der Waals surface area contributed by atoms with E-state index in [2.05, 4.69) is 10.2 Å². The van der Waals surface area contributed by atoms with Crippen LogP contribution >= 0.6 is 0 Å². The van der Waals surface area contributed by atoms with E-state index in [1.54, 1.807) is 9.58 Å². The Balaban J connectivity index is 1.65. The van der Waals surface area contributed by atoms with E-state index in [0.717, 1.165) is 28.4 Å². The molecule has 0 bridgehead atoms. The highest BCUT2D eigenvalue weighted by molar-refractivity contribution is 5.92. The predicted molar refractivity (Wildman–Crippen MR) is 112 cm³/mol. The second kappa shape index (κ2) is 8.22. The van der Waals surface area contributed by atoms with Crippen molar-refractivity contribution in [2.75, 3.05) is 13.2 Å². The number of carbonyl (C=O) groups excluding carboxylic acids is 1. The lowest BCUT2D eigenvalue weighted by Crippen LogP contribution is -2.32. The van der Waals surface area contributed by atoms with E-state index >= 15 is 0 Å². The Labute approximate surface area is 176 Å². The number of hydrogen-bond donors (Lipinski definition) is 0. The fourth-order valence-electron chi connectivity index (χ4n) is 3.63. The van der Waals surface area contributed by atoms with Crippen LogP contribution in [0.4, 0.5) is 0 Å². The Hall–Kier alpha value is -3.29. The zero-order chi connectivity index (χ0) is 21.3. The number of amides is 1. The third-order valence-electron chi connectivity index (χ3n) is 5.21. The molecular weight excluding hydrogens is 382 g/mol. The molecule has 0 spiro atoms. The molecule has 158 valence electrons. The van der Waals surface area contributed by atoms with Gasteiger partial charge in [-0.05, 0) is 50.6 Å². The molecule has 3 aromatic rings. The maximum absolute atomic E-state index is 13.5. The lowest BCUT2D eigenvalue weighted by Gasteiger charge is -2.24. The summed E-state index contributed by atoms with van der Waals surface area (Å²) in [6.07, 6.45) is 0. The molecule has 0 unspecified atom stereocenters. The second-order valence-electron chi connectivity index (χ2n) is 7.53. The maximum Gasteiger partial charge on any atom is 0.272 e. The predicted octanol–water partition coefficient (Wildman–Crippen LogP) is 2.87. The van der Waals surface area contributed by atoms with Gasteiger partial charge >= 0.3 is 0 Å². The normalized spacial score (nSPS) is 12.8. The van der Waals surface area contributed by atoms with Crippen LogP contribution in [-0.2, 0) is 26.7 Å². The van der Waals surface area contributed by atoms with Crippen LogP contribution in [0.15, 0.2) is 30.3 Å². The van der Waals surface area contributed by atoms with Crippen LogP contribution in [0.2, 0.25) is 0 Å². The number of rotatable bonds is 6. The standard InChI is InChI=1S/C22H27N5O3/c1-5-27-19(10-15(2)23-27)22(28)26(14-18-11-16(3)25(4)24-18)13-17-6-7-20-21(12-17)30-9-8-29-20/h6-7,10-12H,5,8-9,13-14H2,1-4H3. The Morgan fingerprint density at radius 2 is 1.83 bits per heavy atom. The highest BCUT2D eigenvalue weighted by Crippen LogP contribution is 2.31. The molecule has 2 aromatic heterocycles. The first-order chi connectivity index (χ1) is 14.4. The Kier molecular flexibility index (Phi) is 5.48. The molecule has 0 aliphatic carbocycles. The minimum atomic E-state index is -0.0735. The van der Waals surface area contributed by atoms with E-state index in [0.29, 0.717) is 44.3 Å². The lowest BCUT2D eigenvalue weighted by molar-refractivity contribution is 0.0714. The molecule has 0 fully saturated rings. The topological polar surface area (TPSA) is 74.4 Å². The quantitative estimate of drug-likeness (QED) is 0.626. The van der Waals surface area contributed by atoms with Gasteiger partial charge in [-0.1, -0.05) is 6.07 Å². The monoisotopic (exact) mass is 409 g/mol. The first-order valence-corrected chi connectivity index (χ1v) is 10.2. The van der Waals surface area contributed by atoms with Crippen molar-refractivity contribution < 1.29 is 14.3 Å². The van der Waals surface area contributed by atoms with Crippen molar-refractivity contribution in [2.45, 2.75) is 40.4 Å². The van der Waals surface area contributed by atoms with Crippen molar-refractivity contribution in [3.05, 3.63) is 58.7 Å². The molecule has 0 saturated carbocycles. The average molecular weight is 409 g/mol. The number of hydrogen-bond acceptors (Lipinski definition) is 5. The van der Waals surface area contributed by atoms with Crippen LogP contribution in [0, 0.1) is 13.8 Å². The van der Waals surface area contributed by atoms with E-state index in [1.807, 2.05) is 62.8 Å². The van der Waals surface area contributed by atoms with E-state index in [-0.39, 0.29) is 5.91 Å². The Morgan fingerprint density at radius 1 is 1.07 bits per heavy atom. The summed E-state index contributed by atoms with van der Waals surface area (Å²) in [4.78, 5) is 15.3. The van der Waals surface area contributed by atoms with Gasteiger partial charge in [0.25, 0.3) is 5.91 Å². The van der Waals surface area contributed by atoms with Gasteiger partial charge in [0.15, 0.2) is 11.5 Å². The molecule has 0 saturated heterocycles. The van der Waals surface area contributed by atoms with Gasteiger partial charge in [0, 0.05) is 25.8 Å². The van der Waals surface area contributed by atoms with Gasteiger partial charge in [-0.25, -0.2) is 0 Å². The van der Waals surface area contributed by atoms with Crippen molar-refractivity contribution in [1.29, 1.82) is 0 Å². The van der Waals surface area contributed by atoms with Crippen molar-refractivity contribution >= 4 is 5.91 Å². The van der Waals surface area contributed by atoms with E-state index < -0.39 is 0 Å². The summed E-state index contributed by atoms with van der Waals surface area (Å²) in [5, 5.41) is 8.98. The van der Waals surface area contributed by atoms with Gasteiger partial charge in [0.2, 0.25) is 0 Å². The zero-order valence-electron chi connectivity index (χ0n) is 17.9. The van der Waals surface area contributed by atoms with E-state index in [9.17, 15) is 4.79 Å². The number of fused-ring (bicyclic) bond motifs is 1. The van der Waals surface area contributed by atoms with Gasteiger partial charge in [-0.2, -0.15) is 10.2 Å². The van der Waals surface area contributed by atoms with Gasteiger partial charge < -0.3 is 14.4 Å². The number of aryl methyl sites for hydroxylation is 4. The van der Waals surface area contributed by atoms with Gasteiger partial charge in [-0.15, -0.1) is 0 Å². The van der Waals surface area contributed by atoms with Crippen molar-refractivity contribution in [3.8, 4) is 11.5 Å². The summed E-state index contributed by atoms with van der Waals surface area (Å²) in [5.74, 6) is 1.38. The number of nitrogens with zero attached hydrogens (tertiary/aromatic N) is 5. The average Bonchev–Trinajstić information content (AvgIpc) is 3.27. The highest BCUT2D eigenvalue weighted by Gasteiger charge is 2.23. The third kappa shape index (κ3) is 4.03. The van der Waals surface area contributed by atoms with Crippen LogP contribution in [-0.4, -0.2) is 43.6 Å². The smallest absolute Gasteiger partial charge is 0.272 e. The molecule has 1 aliphatic heterocycles. The molecule has 0 radical (unpaired) electrons. The first kappa shape index (κ1) is 20.0. The van der Waals surface area contributed by atoms with Crippen LogP contribution in [0.3, 0.4) is 0 Å². The fraction of sp³-hybridized carbons (Fsp3) is 0.409. The number of carbonyl (C=O) groups is 1. The van der Waals surface area contributed by atoms with Gasteiger partial charge in [0.05, 0.1) is 17.9 Å². The SMILES string of the molecule is CCn1nc(C)cc1C(=O)N(Cc1ccc2c(c1)OCCO2)Cc1cc(C)n(C)n1. The molecule has 1 amide bonds. The molecule has 8 nitrogen and oxygen atoms in total. The number of benzene rings is 1. The summed E-state index contributed by atoms with van der Waals surface area (Å²) >= 11 is 0. The first-order valence-electron chi connectivity index (χ1n) is 10.2. The molecule has 3 heterocycles. The minimum absolute atomic E-state index is 0.0735. The van der Waals surface area contributed by atoms with Crippen molar-refractivity contribution in [3.63, 3.8) is 0 Å². The zero-order valence-corrected chi connectivity index (χ0v) is 17.9. The Morgan fingerprint density at radius 3 is 2.53 bits per heavy atom. The molecule has 1 aromatic carbocycles. The third-order valence-corrected chi connectivity index (χ3v) is 5.21. The maximum atomic E-state index is 13.5. The number of aromatic nitrogens is 4. The van der Waals surface area contributed by atoms with Crippen molar-refractivity contribution in [2.24, 2.45) is 7.05 Å². The highest BCUT2D eigenvalue weighted by atomic mass is 16.6. The van der Waals surface area contributed by atoms with Crippen molar-refractivity contribution in [1.82, 2.24) is 24.5 Å². The van der Waals surface area contributed by atoms with E-state index in [1.165, 1.54) is 0 Å². The molecule has 0 atom stereocenters. The molecule has 30 heavy (non-hydrogen) atoms. The minimum Gasteiger partial charge on any atom is -0.486 e. The van der Waals surface area contributed by atoms with Gasteiger partial charge in [0.1, 0.15) is 18.9 Å². The van der Waals surface area contributed by atoms with Gasteiger partial charge in [-0.3, -0.25) is 14.2 Å². The summed E-state index contributed by atoms with van der Waals surface area (Å²) in [6, 6.07) is 9.66. The largest absolute Gasteiger partial charge is 0.486 e. The van der Waals surface area contributed by atoms with Crippen LogP contribution in [0.25, 0.3) is 0 Å². The Bertz CT molecular complexity index is 1050. The molecule has 8 heteroatoms. The van der Waals surface area contributed by atoms with Crippen LogP contribution in [0.5, 0.6) is 11.5 Å². The summed E-state index contributed by atoms with van der Waals surface area (Å²) in [5.41, 5.74) is 4.28.